The zero-order valence-corrected chi connectivity index (χ0v) is 19.3. The number of carbonyl (C=O) groups excluding carboxylic acids is 1. The number of para-hydroxylation sites is 1. The summed E-state index contributed by atoms with van der Waals surface area (Å²) in [6.45, 7) is 1.73. The fourth-order valence-electron chi connectivity index (χ4n) is 5.21. The van der Waals surface area contributed by atoms with Gasteiger partial charge in [0.15, 0.2) is 0 Å². The van der Waals surface area contributed by atoms with Crippen LogP contribution in [0, 0.1) is 11.8 Å². The minimum absolute atomic E-state index is 0.0749. The lowest BCUT2D eigenvalue weighted by Crippen LogP contribution is -2.48. The monoisotopic (exact) mass is 549 g/mol. The predicted molar refractivity (Wildman–Crippen MR) is 111 cm³/mol. The molecule has 0 bridgehead atoms. The molecule has 1 aromatic rings. The topological polar surface area (TPSA) is 45.2 Å². The number of likely N-dealkylation sites (tertiary alicyclic amines) is 2. The summed E-state index contributed by atoms with van der Waals surface area (Å²) in [7, 11) is 0. The molecular weight excluding hydrogens is 525 g/mol. The molecule has 0 N–H and O–H groups in total. The maximum absolute atomic E-state index is 13.8. The van der Waals surface area contributed by atoms with Gasteiger partial charge in [0.1, 0.15) is 0 Å². The van der Waals surface area contributed by atoms with Crippen molar-refractivity contribution < 1.29 is 53.8 Å². The number of fused-ring (bicyclic) bond motifs is 1. The average molecular weight is 549 g/mol. The fraction of sp³-hybridized carbons (Fsp3) is 0.682. The van der Waals surface area contributed by atoms with Crippen molar-refractivity contribution >= 4 is 11.8 Å². The van der Waals surface area contributed by atoms with Crippen LogP contribution in [-0.4, -0.2) is 86.8 Å². The van der Waals surface area contributed by atoms with Gasteiger partial charge in [-0.3, -0.25) is 4.90 Å². The lowest BCUT2D eigenvalue weighted by atomic mass is 10.0. The molecule has 15 heteroatoms. The van der Waals surface area contributed by atoms with E-state index in [-0.39, 0.29) is 50.4 Å². The van der Waals surface area contributed by atoms with Crippen molar-refractivity contribution in [2.45, 2.75) is 31.2 Å². The van der Waals surface area contributed by atoms with Crippen LogP contribution in [0.3, 0.4) is 0 Å². The number of alkyl halides is 9. The number of benzene rings is 1. The first-order valence-corrected chi connectivity index (χ1v) is 11.5. The number of anilines is 1. The second kappa shape index (κ2) is 10.0. The number of hydrogen-bond acceptors (Lipinski definition) is 5. The summed E-state index contributed by atoms with van der Waals surface area (Å²) in [6, 6.07) is 3.95. The molecule has 6 nitrogen and oxygen atoms in total. The summed E-state index contributed by atoms with van der Waals surface area (Å²) in [4.78, 5) is 16.4. The number of nitrogens with zero attached hydrogens (tertiary/aromatic N) is 3. The van der Waals surface area contributed by atoms with E-state index in [9.17, 15) is 44.3 Å². The van der Waals surface area contributed by atoms with Gasteiger partial charge >= 0.3 is 24.6 Å². The number of halogens is 9. The van der Waals surface area contributed by atoms with Crippen LogP contribution >= 0.6 is 0 Å². The van der Waals surface area contributed by atoms with Crippen LogP contribution in [0.4, 0.5) is 50.0 Å². The first-order valence-electron chi connectivity index (χ1n) is 11.5. The Labute approximate surface area is 205 Å². The van der Waals surface area contributed by atoms with E-state index in [4.69, 9.17) is 4.74 Å². The van der Waals surface area contributed by atoms with E-state index in [1.165, 1.54) is 6.07 Å². The highest BCUT2D eigenvalue weighted by atomic mass is 19.4. The van der Waals surface area contributed by atoms with E-state index in [0.717, 1.165) is 11.0 Å². The third-order valence-corrected chi connectivity index (χ3v) is 6.78. The van der Waals surface area contributed by atoms with Gasteiger partial charge in [0.05, 0.1) is 24.5 Å². The standard InChI is InChI=1S/C22H24F9N3O3/c23-20(24,25)16-3-1-2-13(17(16)33-4-6-36-7-5-33)8-32-9-14-11-34(12-15(14)10-32)19(35)37-18(21(26,27)28)22(29,30)31/h1-3,14-15,18H,4-12H2. The molecule has 208 valence electrons. The molecule has 0 aromatic heterocycles. The van der Waals surface area contributed by atoms with Crippen LogP contribution < -0.4 is 4.90 Å². The van der Waals surface area contributed by atoms with Crippen LogP contribution in [0.2, 0.25) is 0 Å². The van der Waals surface area contributed by atoms with E-state index in [1.807, 2.05) is 4.90 Å². The first kappa shape index (κ1) is 27.6. The molecule has 0 aliphatic carbocycles. The third-order valence-electron chi connectivity index (χ3n) is 6.78. The number of hydrogen-bond donors (Lipinski definition) is 0. The molecule has 3 saturated heterocycles. The van der Waals surface area contributed by atoms with Crippen LogP contribution in [0.15, 0.2) is 18.2 Å². The predicted octanol–water partition coefficient (Wildman–Crippen LogP) is 4.54. The summed E-state index contributed by atoms with van der Waals surface area (Å²) < 4.78 is 127. The van der Waals surface area contributed by atoms with Crippen LogP contribution in [0.25, 0.3) is 0 Å². The van der Waals surface area contributed by atoms with Gasteiger partial charge in [0.25, 0.3) is 6.10 Å². The van der Waals surface area contributed by atoms with Crippen LogP contribution in [-0.2, 0) is 22.2 Å². The number of carbonyl (C=O) groups is 1. The SMILES string of the molecule is O=C(OC(C(F)(F)F)C(F)(F)F)N1CC2CN(Cc3cccc(C(F)(F)F)c3N3CCOCC3)CC2C1. The third kappa shape index (κ3) is 6.19. The number of rotatable bonds is 4. The summed E-state index contributed by atoms with van der Waals surface area (Å²) in [6.07, 6.45) is -22.1. The summed E-state index contributed by atoms with van der Waals surface area (Å²) in [5.41, 5.74) is -0.235. The number of ether oxygens (including phenoxy) is 2. The molecule has 2 atom stereocenters. The van der Waals surface area contributed by atoms with Crippen molar-refractivity contribution in [3.8, 4) is 0 Å². The molecule has 0 spiro atoms. The second-order valence-corrected chi connectivity index (χ2v) is 9.38. The number of amides is 1. The molecule has 3 heterocycles. The summed E-state index contributed by atoms with van der Waals surface area (Å²) >= 11 is 0. The van der Waals surface area contributed by atoms with Crippen molar-refractivity contribution in [3.63, 3.8) is 0 Å². The van der Waals surface area contributed by atoms with Gasteiger partial charge in [-0.2, -0.15) is 39.5 Å². The average Bonchev–Trinajstić information content (AvgIpc) is 3.34. The minimum Gasteiger partial charge on any atom is -0.426 e. The molecule has 1 amide bonds. The molecule has 3 aliphatic heterocycles. The van der Waals surface area contributed by atoms with E-state index in [0.29, 0.717) is 31.7 Å². The molecule has 4 rings (SSSR count). The van der Waals surface area contributed by atoms with E-state index < -0.39 is 36.3 Å². The Kier molecular flexibility index (Phi) is 7.49. The van der Waals surface area contributed by atoms with Gasteiger partial charge in [-0.25, -0.2) is 4.79 Å². The molecule has 37 heavy (non-hydrogen) atoms. The quantitative estimate of drug-likeness (QED) is 0.517. The Hall–Kier alpha value is -2.42. The summed E-state index contributed by atoms with van der Waals surface area (Å²) in [5, 5.41) is 0. The molecule has 1 aromatic carbocycles. The van der Waals surface area contributed by atoms with Gasteiger partial charge in [0.2, 0.25) is 0 Å². The molecule has 2 unspecified atom stereocenters. The van der Waals surface area contributed by atoms with Crippen LogP contribution in [0.5, 0.6) is 0 Å². The molecule has 0 saturated carbocycles. The zero-order chi connectivity index (χ0) is 27.2. The molecule has 3 fully saturated rings. The summed E-state index contributed by atoms with van der Waals surface area (Å²) in [5.74, 6) is -0.527. The lowest BCUT2D eigenvalue weighted by molar-refractivity contribution is -0.308. The highest BCUT2D eigenvalue weighted by molar-refractivity contribution is 5.68. The fourth-order valence-corrected chi connectivity index (χ4v) is 5.21. The Bertz CT molecular complexity index is 949. The van der Waals surface area contributed by atoms with Gasteiger partial charge < -0.3 is 19.3 Å². The van der Waals surface area contributed by atoms with Crippen LogP contribution in [0.1, 0.15) is 11.1 Å². The van der Waals surface area contributed by atoms with Crippen molar-refractivity contribution in [1.82, 2.24) is 9.80 Å². The minimum atomic E-state index is -5.80. The zero-order valence-electron chi connectivity index (χ0n) is 19.3. The van der Waals surface area contributed by atoms with Gasteiger partial charge in [-0.1, -0.05) is 12.1 Å². The van der Waals surface area contributed by atoms with Gasteiger partial charge in [-0.15, -0.1) is 0 Å². The van der Waals surface area contributed by atoms with Crippen molar-refractivity contribution in [3.05, 3.63) is 29.3 Å². The molecule has 0 radical (unpaired) electrons. The van der Waals surface area contributed by atoms with E-state index >= 15 is 0 Å². The maximum Gasteiger partial charge on any atom is 0.434 e. The van der Waals surface area contributed by atoms with Crippen molar-refractivity contribution in [1.29, 1.82) is 0 Å². The van der Waals surface area contributed by atoms with Gasteiger partial charge in [-0.05, 0) is 23.5 Å². The highest BCUT2D eigenvalue weighted by Crippen LogP contribution is 2.41. The first-order chi connectivity index (χ1) is 17.1. The van der Waals surface area contributed by atoms with E-state index in [1.54, 1.807) is 11.0 Å². The Morgan fingerprint density at radius 2 is 1.49 bits per heavy atom. The molecular formula is C22H24F9N3O3. The normalized spacial score (nSPS) is 23.6. The van der Waals surface area contributed by atoms with Gasteiger partial charge in [0, 0.05) is 45.8 Å². The second-order valence-electron chi connectivity index (χ2n) is 9.38. The van der Waals surface area contributed by atoms with Crippen molar-refractivity contribution in [2.24, 2.45) is 11.8 Å². The maximum atomic E-state index is 13.8. The number of morpholine rings is 1. The Balaban J connectivity index is 1.42. The van der Waals surface area contributed by atoms with E-state index in [2.05, 4.69) is 4.74 Å². The smallest absolute Gasteiger partial charge is 0.426 e. The molecule has 3 aliphatic rings. The van der Waals surface area contributed by atoms with Crippen molar-refractivity contribution in [2.75, 3.05) is 57.4 Å². The Morgan fingerprint density at radius 1 is 0.919 bits per heavy atom. The highest BCUT2D eigenvalue weighted by Gasteiger charge is 2.60. The Morgan fingerprint density at radius 3 is 2.00 bits per heavy atom. The lowest BCUT2D eigenvalue weighted by Gasteiger charge is -2.34. The largest absolute Gasteiger partial charge is 0.434 e.